The van der Waals surface area contributed by atoms with Crippen molar-refractivity contribution >= 4 is 35.1 Å². The fourth-order valence-corrected chi connectivity index (χ4v) is 3.07. The van der Waals surface area contributed by atoms with Gasteiger partial charge in [-0.15, -0.1) is 0 Å². The molecule has 0 radical (unpaired) electrons. The number of carbonyl (C=O) groups is 2. The zero-order valence-corrected chi connectivity index (χ0v) is 19.2. The molecule has 31 heavy (non-hydrogen) atoms. The Labute approximate surface area is 188 Å². The highest BCUT2D eigenvalue weighted by Gasteiger charge is 2.19. The quantitative estimate of drug-likeness (QED) is 0.324. The van der Waals surface area contributed by atoms with Crippen LogP contribution in [0.3, 0.4) is 0 Å². The molecule has 0 unspecified atom stereocenters. The van der Waals surface area contributed by atoms with Gasteiger partial charge in [0.15, 0.2) is 22.5 Å². The van der Waals surface area contributed by atoms with Gasteiger partial charge >= 0.3 is 0 Å². The number of amides is 2. The van der Waals surface area contributed by atoms with Crippen molar-refractivity contribution in [3.05, 3.63) is 46.2 Å². The van der Waals surface area contributed by atoms with E-state index in [9.17, 15) is 9.59 Å². The summed E-state index contributed by atoms with van der Waals surface area (Å²) in [5.41, 5.74) is 7.52. The molecule has 9 nitrogen and oxygen atoms in total. The predicted molar refractivity (Wildman–Crippen MR) is 123 cm³/mol. The number of nitrogens with one attached hydrogen (secondary N) is 3. The number of nitrogens with two attached hydrogens (primary N) is 1. The van der Waals surface area contributed by atoms with E-state index in [2.05, 4.69) is 40.0 Å². The molecule has 1 aromatic heterocycles. The van der Waals surface area contributed by atoms with Crippen molar-refractivity contribution in [3.63, 3.8) is 0 Å². The van der Waals surface area contributed by atoms with Crippen LogP contribution in [-0.2, 0) is 0 Å². The number of likely N-dealkylation sites (N-methyl/N-ethyl adjacent to an activating group) is 1. The van der Waals surface area contributed by atoms with Crippen LogP contribution >= 0.6 is 11.6 Å². The van der Waals surface area contributed by atoms with Gasteiger partial charge in [-0.3, -0.25) is 9.59 Å². The van der Waals surface area contributed by atoms with Crippen molar-refractivity contribution in [1.82, 2.24) is 20.6 Å². The van der Waals surface area contributed by atoms with Crippen LogP contribution in [0.5, 0.6) is 0 Å². The van der Waals surface area contributed by atoms with Crippen LogP contribution in [0.1, 0.15) is 32.8 Å². The Kier molecular flexibility index (Phi) is 8.58. The molecule has 0 spiro atoms. The first-order valence-corrected chi connectivity index (χ1v) is 10.5. The summed E-state index contributed by atoms with van der Waals surface area (Å²) in [7, 11) is 5.78. The van der Waals surface area contributed by atoms with E-state index >= 15 is 0 Å². The third-order valence-corrected chi connectivity index (χ3v) is 5.15. The van der Waals surface area contributed by atoms with Crippen LogP contribution in [0, 0.1) is 6.92 Å². The molecule has 2 amide bonds. The van der Waals surface area contributed by atoms with Crippen molar-refractivity contribution in [2.45, 2.75) is 13.3 Å². The standard InChI is InChI=1S/C21H30ClN7O2/c1-14-6-8-15(9-7-14)20(30)25-10-5-12-29(3,4)13-11-26-21(31)16-19(24-2)28-18(23)17(22)27-16/h6-9H,5,10-13H2,1-4H3,(H4-,23,24,25,26,28,30,31)/p+1. The Morgan fingerprint density at radius 1 is 1.03 bits per heavy atom. The Morgan fingerprint density at radius 3 is 2.32 bits per heavy atom. The lowest BCUT2D eigenvalue weighted by atomic mass is 10.1. The molecule has 1 aromatic carbocycles. The molecule has 2 aromatic rings. The first-order chi connectivity index (χ1) is 14.6. The summed E-state index contributed by atoms with van der Waals surface area (Å²) in [5, 5.41) is 8.58. The molecule has 0 bridgehead atoms. The maximum atomic E-state index is 12.5. The van der Waals surface area contributed by atoms with Gasteiger partial charge in [-0.05, 0) is 19.1 Å². The van der Waals surface area contributed by atoms with E-state index in [1.54, 1.807) is 7.05 Å². The summed E-state index contributed by atoms with van der Waals surface area (Å²) in [6.45, 7) is 4.59. The zero-order valence-electron chi connectivity index (χ0n) is 18.5. The summed E-state index contributed by atoms with van der Waals surface area (Å²) in [6, 6.07) is 7.50. The average molecular weight is 449 g/mol. The van der Waals surface area contributed by atoms with Crippen molar-refractivity contribution in [3.8, 4) is 0 Å². The first kappa shape index (κ1) is 24.4. The maximum absolute atomic E-state index is 12.5. The molecule has 2 rings (SSSR count). The summed E-state index contributed by atoms with van der Waals surface area (Å²) in [6.07, 6.45) is 0.821. The van der Waals surface area contributed by atoms with Gasteiger partial charge in [-0.1, -0.05) is 29.3 Å². The molecule has 0 aliphatic carbocycles. The van der Waals surface area contributed by atoms with Crippen LogP contribution in [0.4, 0.5) is 11.6 Å². The van der Waals surface area contributed by atoms with E-state index in [-0.39, 0.29) is 34.3 Å². The van der Waals surface area contributed by atoms with Crippen LogP contribution in [0.25, 0.3) is 0 Å². The van der Waals surface area contributed by atoms with Gasteiger partial charge in [0.25, 0.3) is 11.8 Å². The van der Waals surface area contributed by atoms with Crippen molar-refractivity contribution < 1.29 is 14.1 Å². The molecule has 5 N–H and O–H groups in total. The molecule has 0 fully saturated rings. The summed E-state index contributed by atoms with van der Waals surface area (Å²) >= 11 is 5.89. The van der Waals surface area contributed by atoms with Gasteiger partial charge in [-0.25, -0.2) is 9.97 Å². The third-order valence-electron chi connectivity index (χ3n) is 4.87. The number of nitrogens with zero attached hydrogens (tertiary/aromatic N) is 3. The minimum Gasteiger partial charge on any atom is -0.381 e. The number of quaternary nitrogens is 1. The smallest absolute Gasteiger partial charge is 0.274 e. The number of hydrogen-bond donors (Lipinski definition) is 4. The zero-order chi connectivity index (χ0) is 23.0. The largest absolute Gasteiger partial charge is 0.381 e. The van der Waals surface area contributed by atoms with Gasteiger partial charge in [-0.2, -0.15) is 0 Å². The van der Waals surface area contributed by atoms with E-state index in [1.165, 1.54) is 0 Å². The molecule has 0 aliphatic heterocycles. The summed E-state index contributed by atoms with van der Waals surface area (Å²) < 4.78 is 0.688. The number of carbonyl (C=O) groups excluding carboxylic acids is 2. The molecule has 0 aliphatic rings. The second-order valence-electron chi connectivity index (χ2n) is 7.96. The summed E-state index contributed by atoms with van der Waals surface area (Å²) in [5.74, 6) is -0.0995. The van der Waals surface area contributed by atoms with Gasteiger partial charge < -0.3 is 26.2 Å². The molecule has 168 valence electrons. The van der Waals surface area contributed by atoms with E-state index in [4.69, 9.17) is 17.3 Å². The van der Waals surface area contributed by atoms with Crippen LogP contribution in [0.2, 0.25) is 5.15 Å². The monoisotopic (exact) mass is 448 g/mol. The van der Waals surface area contributed by atoms with Gasteiger partial charge in [0.05, 0.1) is 33.7 Å². The van der Waals surface area contributed by atoms with Crippen molar-refractivity contribution in [1.29, 1.82) is 0 Å². The Bertz CT molecular complexity index is 917. The molecule has 1 heterocycles. The Morgan fingerprint density at radius 2 is 1.68 bits per heavy atom. The molecule has 0 saturated heterocycles. The van der Waals surface area contributed by atoms with E-state index in [1.807, 2.05) is 31.2 Å². The van der Waals surface area contributed by atoms with Gasteiger partial charge in [0.1, 0.15) is 0 Å². The fourth-order valence-electron chi connectivity index (χ4n) is 2.94. The van der Waals surface area contributed by atoms with E-state index in [0.29, 0.717) is 29.7 Å². The lowest BCUT2D eigenvalue weighted by Crippen LogP contribution is -2.46. The molecule has 0 atom stereocenters. The maximum Gasteiger partial charge on any atom is 0.274 e. The van der Waals surface area contributed by atoms with Gasteiger partial charge in [0, 0.05) is 25.6 Å². The molecule has 10 heteroatoms. The fraction of sp³-hybridized carbons (Fsp3) is 0.429. The highest BCUT2D eigenvalue weighted by Crippen LogP contribution is 2.19. The normalized spacial score (nSPS) is 11.1. The minimum absolute atomic E-state index is 0.00653. The van der Waals surface area contributed by atoms with Gasteiger partial charge in [0.2, 0.25) is 0 Å². The number of hydrogen-bond acceptors (Lipinski definition) is 6. The Balaban J connectivity index is 1.75. The number of rotatable bonds is 10. The summed E-state index contributed by atoms with van der Waals surface area (Å²) in [4.78, 5) is 32.7. The highest BCUT2D eigenvalue weighted by atomic mass is 35.5. The second-order valence-corrected chi connectivity index (χ2v) is 8.32. The highest BCUT2D eigenvalue weighted by molar-refractivity contribution is 6.31. The average Bonchev–Trinajstić information content (AvgIpc) is 2.73. The van der Waals surface area contributed by atoms with Crippen LogP contribution in [-0.4, -0.2) is 73.6 Å². The van der Waals surface area contributed by atoms with Crippen molar-refractivity contribution in [2.75, 3.05) is 58.4 Å². The number of anilines is 2. The predicted octanol–water partition coefficient (Wildman–Crippen LogP) is 1.69. The van der Waals surface area contributed by atoms with Crippen molar-refractivity contribution in [2.24, 2.45) is 0 Å². The second kappa shape index (κ2) is 10.9. The Hall–Kier alpha value is -2.91. The molecular formula is C21H31ClN7O2+. The number of nitrogen functional groups attached to an aromatic ring is 1. The minimum atomic E-state index is -0.371. The number of halogens is 1. The number of aryl methyl sites for hydroxylation is 1. The van der Waals surface area contributed by atoms with Crippen LogP contribution in [0.15, 0.2) is 24.3 Å². The number of aromatic nitrogens is 2. The number of benzene rings is 1. The molecule has 0 saturated carbocycles. The lowest BCUT2D eigenvalue weighted by molar-refractivity contribution is -0.889. The first-order valence-electron chi connectivity index (χ1n) is 10.1. The van der Waals surface area contributed by atoms with Crippen LogP contribution < -0.4 is 21.7 Å². The van der Waals surface area contributed by atoms with E-state index < -0.39 is 0 Å². The third kappa shape index (κ3) is 7.37. The molecular weight excluding hydrogens is 418 g/mol. The topological polar surface area (TPSA) is 122 Å². The van der Waals surface area contributed by atoms with E-state index in [0.717, 1.165) is 18.5 Å². The SMILES string of the molecule is CNc1nc(N)c(Cl)nc1C(=O)NCC[N+](C)(C)CCCNC(=O)c1ccc(C)cc1. The lowest BCUT2D eigenvalue weighted by Gasteiger charge is -2.30.